The molecule has 2 heterocycles. The second-order valence-corrected chi connectivity index (χ2v) is 7.14. The molecular weight excluding hydrogens is 318 g/mol. The fourth-order valence-electron chi connectivity index (χ4n) is 3.30. The maximum atomic E-state index is 12.2. The normalized spacial score (nSPS) is 17.9. The standard InChI is InChI=1S/C19H25N3O3/c1-13(2)11-21-9-7-14-10-15(5-6-17(14)21)20-18(24)19(25)22-8-3-4-16(23)12-22/h5-7,9-10,13,16,23H,3-4,8,11-12H2,1-2H3,(H,20,24). The number of aromatic nitrogens is 1. The number of rotatable bonds is 3. The lowest BCUT2D eigenvalue weighted by molar-refractivity contribution is -0.145. The zero-order chi connectivity index (χ0) is 18.0. The lowest BCUT2D eigenvalue weighted by atomic mass is 10.1. The van der Waals surface area contributed by atoms with Crippen molar-refractivity contribution >= 4 is 28.4 Å². The maximum Gasteiger partial charge on any atom is 0.313 e. The van der Waals surface area contributed by atoms with Crippen molar-refractivity contribution in [2.75, 3.05) is 18.4 Å². The molecule has 1 aliphatic rings. The number of likely N-dealkylation sites (tertiary alicyclic amines) is 1. The minimum atomic E-state index is -0.657. The van der Waals surface area contributed by atoms with Gasteiger partial charge in [0.1, 0.15) is 0 Å². The van der Waals surface area contributed by atoms with E-state index >= 15 is 0 Å². The molecule has 134 valence electrons. The minimum absolute atomic E-state index is 0.226. The van der Waals surface area contributed by atoms with E-state index in [2.05, 4.69) is 23.7 Å². The van der Waals surface area contributed by atoms with Gasteiger partial charge in [-0.25, -0.2) is 0 Å². The van der Waals surface area contributed by atoms with Crippen LogP contribution >= 0.6 is 0 Å². The maximum absolute atomic E-state index is 12.2. The van der Waals surface area contributed by atoms with Gasteiger partial charge in [0.25, 0.3) is 0 Å². The van der Waals surface area contributed by atoms with Crippen LogP contribution in [0.2, 0.25) is 0 Å². The van der Waals surface area contributed by atoms with E-state index in [0.717, 1.165) is 23.9 Å². The summed E-state index contributed by atoms with van der Waals surface area (Å²) in [6, 6.07) is 7.66. The Kier molecular flexibility index (Phi) is 5.08. The van der Waals surface area contributed by atoms with Crippen molar-refractivity contribution in [1.29, 1.82) is 0 Å². The van der Waals surface area contributed by atoms with Crippen LogP contribution in [0.3, 0.4) is 0 Å². The fraction of sp³-hybridized carbons (Fsp3) is 0.474. The molecule has 2 N–H and O–H groups in total. The number of piperidine rings is 1. The molecule has 25 heavy (non-hydrogen) atoms. The Hall–Kier alpha value is -2.34. The number of aliphatic hydroxyl groups is 1. The van der Waals surface area contributed by atoms with Crippen LogP contribution in [0.15, 0.2) is 30.5 Å². The molecule has 1 aromatic carbocycles. The van der Waals surface area contributed by atoms with Gasteiger partial charge < -0.3 is 19.9 Å². The number of fused-ring (bicyclic) bond motifs is 1. The highest BCUT2D eigenvalue weighted by atomic mass is 16.3. The van der Waals surface area contributed by atoms with Crippen molar-refractivity contribution in [2.45, 2.75) is 39.3 Å². The fourth-order valence-corrected chi connectivity index (χ4v) is 3.30. The first-order valence-electron chi connectivity index (χ1n) is 8.81. The molecule has 1 saturated heterocycles. The van der Waals surface area contributed by atoms with Crippen LogP contribution in [-0.4, -0.2) is 45.6 Å². The van der Waals surface area contributed by atoms with Crippen LogP contribution < -0.4 is 5.32 Å². The molecule has 0 spiro atoms. The first kappa shape index (κ1) is 17.5. The highest BCUT2D eigenvalue weighted by molar-refractivity contribution is 6.39. The number of β-amino-alcohol motifs (C(OH)–C–C–N with tert-alkyl or cyclic N) is 1. The number of benzene rings is 1. The summed E-state index contributed by atoms with van der Waals surface area (Å²) in [4.78, 5) is 25.9. The summed E-state index contributed by atoms with van der Waals surface area (Å²) >= 11 is 0. The van der Waals surface area contributed by atoms with Gasteiger partial charge >= 0.3 is 11.8 Å². The summed E-state index contributed by atoms with van der Waals surface area (Å²) in [7, 11) is 0. The molecule has 1 fully saturated rings. The Morgan fingerprint density at radius 3 is 2.84 bits per heavy atom. The van der Waals surface area contributed by atoms with E-state index in [-0.39, 0.29) is 6.54 Å². The quantitative estimate of drug-likeness (QED) is 0.839. The molecule has 1 aromatic heterocycles. The van der Waals surface area contributed by atoms with Crippen molar-refractivity contribution < 1.29 is 14.7 Å². The summed E-state index contributed by atoms with van der Waals surface area (Å²) in [5, 5.41) is 13.4. The molecule has 3 rings (SSSR count). The second-order valence-electron chi connectivity index (χ2n) is 7.14. The van der Waals surface area contributed by atoms with Gasteiger partial charge in [0.05, 0.1) is 6.10 Å². The van der Waals surface area contributed by atoms with Gasteiger partial charge in [0, 0.05) is 42.4 Å². The smallest absolute Gasteiger partial charge is 0.313 e. The topological polar surface area (TPSA) is 74.6 Å². The van der Waals surface area contributed by atoms with Gasteiger partial charge in [-0.1, -0.05) is 13.8 Å². The Bertz CT molecular complexity index is 781. The van der Waals surface area contributed by atoms with E-state index in [1.165, 1.54) is 4.90 Å². The van der Waals surface area contributed by atoms with Crippen LogP contribution in [0.25, 0.3) is 10.9 Å². The Morgan fingerprint density at radius 1 is 1.32 bits per heavy atom. The highest BCUT2D eigenvalue weighted by Crippen LogP contribution is 2.22. The van der Waals surface area contributed by atoms with Gasteiger partial charge in [-0.15, -0.1) is 0 Å². The number of carbonyl (C=O) groups is 2. The predicted molar refractivity (Wildman–Crippen MR) is 97.2 cm³/mol. The largest absolute Gasteiger partial charge is 0.391 e. The molecule has 6 nitrogen and oxygen atoms in total. The molecule has 0 aliphatic carbocycles. The number of carbonyl (C=O) groups excluding carboxylic acids is 2. The molecule has 1 atom stereocenters. The van der Waals surface area contributed by atoms with Crippen molar-refractivity contribution in [3.63, 3.8) is 0 Å². The summed E-state index contributed by atoms with van der Waals surface area (Å²) in [6.45, 7) is 6.02. The van der Waals surface area contributed by atoms with E-state index in [1.807, 2.05) is 30.5 Å². The third-order valence-electron chi connectivity index (χ3n) is 4.47. The number of hydrogen-bond donors (Lipinski definition) is 2. The summed E-state index contributed by atoms with van der Waals surface area (Å²) in [5.41, 5.74) is 1.71. The first-order valence-corrected chi connectivity index (χ1v) is 8.81. The third kappa shape index (κ3) is 4.02. The highest BCUT2D eigenvalue weighted by Gasteiger charge is 2.26. The van der Waals surface area contributed by atoms with Crippen molar-refractivity contribution in [3.05, 3.63) is 30.5 Å². The molecule has 0 bridgehead atoms. The van der Waals surface area contributed by atoms with E-state index in [1.54, 1.807) is 0 Å². The van der Waals surface area contributed by atoms with E-state index < -0.39 is 17.9 Å². The van der Waals surface area contributed by atoms with Crippen LogP contribution in [0, 0.1) is 5.92 Å². The summed E-state index contributed by atoms with van der Waals surface area (Å²) in [6.07, 6.45) is 2.89. The van der Waals surface area contributed by atoms with E-state index in [4.69, 9.17) is 0 Å². The minimum Gasteiger partial charge on any atom is -0.391 e. The molecule has 2 amide bonds. The predicted octanol–water partition coefficient (Wildman–Crippen LogP) is 2.22. The molecule has 2 aromatic rings. The van der Waals surface area contributed by atoms with Crippen molar-refractivity contribution in [1.82, 2.24) is 9.47 Å². The average molecular weight is 343 g/mol. The molecule has 0 saturated carbocycles. The molecule has 6 heteroatoms. The monoisotopic (exact) mass is 343 g/mol. The number of nitrogens with zero attached hydrogens (tertiary/aromatic N) is 2. The summed E-state index contributed by atoms with van der Waals surface area (Å²) < 4.78 is 2.19. The second kappa shape index (κ2) is 7.27. The van der Waals surface area contributed by atoms with Gasteiger partial charge in [-0.3, -0.25) is 9.59 Å². The van der Waals surface area contributed by atoms with Crippen LogP contribution in [-0.2, 0) is 16.1 Å². The number of aliphatic hydroxyl groups excluding tert-OH is 1. The zero-order valence-electron chi connectivity index (χ0n) is 14.7. The van der Waals surface area contributed by atoms with Gasteiger partial charge in [-0.2, -0.15) is 0 Å². The SMILES string of the molecule is CC(C)Cn1ccc2cc(NC(=O)C(=O)N3CCCC(O)C3)ccc21. The van der Waals surface area contributed by atoms with Gasteiger partial charge in [-0.05, 0) is 43.0 Å². The first-order chi connectivity index (χ1) is 11.9. The van der Waals surface area contributed by atoms with Crippen molar-refractivity contribution in [3.8, 4) is 0 Å². The average Bonchev–Trinajstić information content (AvgIpc) is 2.95. The number of hydrogen-bond acceptors (Lipinski definition) is 3. The van der Waals surface area contributed by atoms with Crippen molar-refractivity contribution in [2.24, 2.45) is 5.92 Å². The van der Waals surface area contributed by atoms with Crippen LogP contribution in [0.1, 0.15) is 26.7 Å². The molecular formula is C19H25N3O3. The van der Waals surface area contributed by atoms with E-state index in [0.29, 0.717) is 24.6 Å². The zero-order valence-corrected chi connectivity index (χ0v) is 14.7. The molecule has 1 aliphatic heterocycles. The number of nitrogens with one attached hydrogen (secondary N) is 1. The Balaban J connectivity index is 1.69. The van der Waals surface area contributed by atoms with E-state index in [9.17, 15) is 14.7 Å². The molecule has 0 radical (unpaired) electrons. The summed E-state index contributed by atoms with van der Waals surface area (Å²) in [5.74, 6) is -0.696. The molecule has 1 unspecified atom stereocenters. The Morgan fingerprint density at radius 2 is 2.12 bits per heavy atom. The number of anilines is 1. The van der Waals surface area contributed by atoms with Crippen LogP contribution in [0.4, 0.5) is 5.69 Å². The van der Waals surface area contributed by atoms with Crippen LogP contribution in [0.5, 0.6) is 0 Å². The Labute approximate surface area is 147 Å². The van der Waals surface area contributed by atoms with Gasteiger partial charge in [0.15, 0.2) is 0 Å². The lowest BCUT2D eigenvalue weighted by Crippen LogP contribution is -2.46. The number of amides is 2. The van der Waals surface area contributed by atoms with Gasteiger partial charge in [0.2, 0.25) is 0 Å². The third-order valence-corrected chi connectivity index (χ3v) is 4.47. The lowest BCUT2D eigenvalue weighted by Gasteiger charge is -2.29.